The molecule has 2 rings (SSSR count). The molecule has 0 aliphatic heterocycles. The highest BCUT2D eigenvalue weighted by Crippen LogP contribution is 2.20. The number of anilines is 1. The van der Waals surface area contributed by atoms with Crippen LogP contribution in [-0.4, -0.2) is 5.11 Å². The van der Waals surface area contributed by atoms with Crippen molar-refractivity contribution in [3.63, 3.8) is 0 Å². The first-order chi connectivity index (χ1) is 9.22. The highest BCUT2D eigenvalue weighted by Gasteiger charge is 2.06. The van der Waals surface area contributed by atoms with Crippen molar-refractivity contribution in [2.45, 2.75) is 19.6 Å². The number of hydrogen-bond donors (Lipinski definition) is 2. The fourth-order valence-electron chi connectivity index (χ4n) is 1.92. The molecule has 0 heterocycles. The molecule has 1 atom stereocenters. The Morgan fingerprint density at radius 3 is 2.58 bits per heavy atom. The molecule has 2 aromatic rings. The second-order valence-electron chi connectivity index (χ2n) is 4.46. The van der Waals surface area contributed by atoms with E-state index in [0.717, 1.165) is 16.8 Å². The van der Waals surface area contributed by atoms with Crippen LogP contribution in [0.3, 0.4) is 0 Å². The van der Waals surface area contributed by atoms with Crippen LogP contribution in [0.4, 0.5) is 5.69 Å². The SMILES string of the molecule is CC(Nc1ccc(CO)cc1)c1cccc(C#N)c1. The lowest BCUT2D eigenvalue weighted by molar-refractivity contribution is 0.282. The summed E-state index contributed by atoms with van der Waals surface area (Å²) in [6, 6.07) is 17.5. The molecule has 2 N–H and O–H groups in total. The third-order valence-corrected chi connectivity index (χ3v) is 3.04. The normalized spacial score (nSPS) is 11.6. The Morgan fingerprint density at radius 1 is 1.21 bits per heavy atom. The van der Waals surface area contributed by atoms with Gasteiger partial charge in [0.15, 0.2) is 0 Å². The van der Waals surface area contributed by atoms with Gasteiger partial charge in [-0.15, -0.1) is 0 Å². The molecule has 0 fully saturated rings. The third-order valence-electron chi connectivity index (χ3n) is 3.04. The highest BCUT2D eigenvalue weighted by molar-refractivity contribution is 5.47. The number of benzene rings is 2. The average Bonchev–Trinajstić information content (AvgIpc) is 2.48. The Balaban J connectivity index is 2.11. The molecule has 0 aliphatic carbocycles. The molecule has 0 aliphatic rings. The molecular weight excluding hydrogens is 236 g/mol. The van der Waals surface area contributed by atoms with Gasteiger partial charge < -0.3 is 10.4 Å². The second-order valence-corrected chi connectivity index (χ2v) is 4.46. The van der Waals surface area contributed by atoms with E-state index < -0.39 is 0 Å². The minimum Gasteiger partial charge on any atom is -0.392 e. The zero-order valence-corrected chi connectivity index (χ0v) is 10.8. The molecule has 3 nitrogen and oxygen atoms in total. The Kier molecular flexibility index (Phi) is 4.17. The van der Waals surface area contributed by atoms with Gasteiger partial charge in [-0.1, -0.05) is 24.3 Å². The van der Waals surface area contributed by atoms with Crippen LogP contribution in [0.5, 0.6) is 0 Å². The van der Waals surface area contributed by atoms with E-state index in [1.165, 1.54) is 0 Å². The fraction of sp³-hybridized carbons (Fsp3) is 0.188. The fourth-order valence-corrected chi connectivity index (χ4v) is 1.92. The van der Waals surface area contributed by atoms with Crippen molar-refractivity contribution in [3.8, 4) is 6.07 Å². The van der Waals surface area contributed by atoms with E-state index in [4.69, 9.17) is 10.4 Å². The second kappa shape index (κ2) is 6.03. The molecule has 0 saturated heterocycles. The summed E-state index contributed by atoms with van der Waals surface area (Å²) < 4.78 is 0. The van der Waals surface area contributed by atoms with Gasteiger partial charge in [-0.05, 0) is 42.3 Å². The first kappa shape index (κ1) is 13.1. The minimum absolute atomic E-state index is 0.0556. The Morgan fingerprint density at radius 2 is 1.95 bits per heavy atom. The van der Waals surface area contributed by atoms with Crippen LogP contribution in [0.15, 0.2) is 48.5 Å². The van der Waals surface area contributed by atoms with Gasteiger partial charge in [-0.3, -0.25) is 0 Å². The van der Waals surface area contributed by atoms with Gasteiger partial charge >= 0.3 is 0 Å². The first-order valence-corrected chi connectivity index (χ1v) is 6.19. The van der Waals surface area contributed by atoms with Crippen molar-refractivity contribution in [3.05, 3.63) is 65.2 Å². The third kappa shape index (κ3) is 3.34. The summed E-state index contributed by atoms with van der Waals surface area (Å²) in [5.74, 6) is 0. The zero-order chi connectivity index (χ0) is 13.7. The first-order valence-electron chi connectivity index (χ1n) is 6.19. The van der Waals surface area contributed by atoms with Crippen molar-refractivity contribution < 1.29 is 5.11 Å². The summed E-state index contributed by atoms with van der Waals surface area (Å²) >= 11 is 0. The van der Waals surface area contributed by atoms with Crippen molar-refractivity contribution in [1.82, 2.24) is 0 Å². The lowest BCUT2D eigenvalue weighted by atomic mass is 10.1. The lowest BCUT2D eigenvalue weighted by Crippen LogP contribution is -2.06. The minimum atomic E-state index is 0.0556. The van der Waals surface area contributed by atoms with Crippen LogP contribution in [0, 0.1) is 11.3 Å². The summed E-state index contributed by atoms with van der Waals surface area (Å²) in [6.07, 6.45) is 0. The van der Waals surface area contributed by atoms with Gasteiger partial charge in [0.1, 0.15) is 0 Å². The summed E-state index contributed by atoms with van der Waals surface area (Å²) in [4.78, 5) is 0. The number of hydrogen-bond acceptors (Lipinski definition) is 3. The molecule has 0 bridgehead atoms. The van der Waals surface area contributed by atoms with E-state index in [1.54, 1.807) is 6.07 Å². The monoisotopic (exact) mass is 252 g/mol. The molecule has 0 spiro atoms. The predicted molar refractivity (Wildman–Crippen MR) is 75.6 cm³/mol. The van der Waals surface area contributed by atoms with E-state index in [0.29, 0.717) is 5.56 Å². The van der Waals surface area contributed by atoms with Gasteiger partial charge in [-0.25, -0.2) is 0 Å². The molecular formula is C16H16N2O. The standard InChI is InChI=1S/C16H16N2O/c1-12(15-4-2-3-14(9-15)10-17)18-16-7-5-13(11-19)6-8-16/h2-9,12,18-19H,11H2,1H3. The predicted octanol–water partition coefficient (Wildman–Crippen LogP) is 3.22. The quantitative estimate of drug-likeness (QED) is 0.878. The van der Waals surface area contributed by atoms with Gasteiger partial charge in [0.05, 0.1) is 18.2 Å². The smallest absolute Gasteiger partial charge is 0.0991 e. The van der Waals surface area contributed by atoms with E-state index in [9.17, 15) is 0 Å². The number of aliphatic hydroxyl groups excluding tert-OH is 1. The zero-order valence-electron chi connectivity index (χ0n) is 10.8. The van der Waals surface area contributed by atoms with Crippen LogP contribution in [0.1, 0.15) is 29.7 Å². The van der Waals surface area contributed by atoms with Gasteiger partial charge in [0.2, 0.25) is 0 Å². The molecule has 0 amide bonds. The largest absolute Gasteiger partial charge is 0.392 e. The molecule has 19 heavy (non-hydrogen) atoms. The van der Waals surface area contributed by atoms with E-state index in [2.05, 4.69) is 18.3 Å². The Hall–Kier alpha value is -2.31. The maximum absolute atomic E-state index is 9.00. The number of nitrogens with zero attached hydrogens (tertiary/aromatic N) is 1. The summed E-state index contributed by atoms with van der Waals surface area (Å²) in [5.41, 5.74) is 3.63. The molecule has 1 unspecified atom stereocenters. The molecule has 96 valence electrons. The van der Waals surface area contributed by atoms with Crippen LogP contribution >= 0.6 is 0 Å². The highest BCUT2D eigenvalue weighted by atomic mass is 16.3. The summed E-state index contributed by atoms with van der Waals surface area (Å²) in [6.45, 7) is 2.11. The van der Waals surface area contributed by atoms with Crippen molar-refractivity contribution in [2.75, 3.05) is 5.32 Å². The summed E-state index contributed by atoms with van der Waals surface area (Å²) in [5, 5.41) is 21.3. The van der Waals surface area contributed by atoms with Gasteiger partial charge in [0.25, 0.3) is 0 Å². The van der Waals surface area contributed by atoms with Gasteiger partial charge in [0, 0.05) is 11.7 Å². The van der Waals surface area contributed by atoms with Crippen LogP contribution in [0.25, 0.3) is 0 Å². The van der Waals surface area contributed by atoms with Gasteiger partial charge in [-0.2, -0.15) is 5.26 Å². The van der Waals surface area contributed by atoms with E-state index in [-0.39, 0.29) is 12.6 Å². The van der Waals surface area contributed by atoms with E-state index >= 15 is 0 Å². The molecule has 0 aromatic heterocycles. The van der Waals surface area contributed by atoms with Crippen molar-refractivity contribution in [1.29, 1.82) is 5.26 Å². The van der Waals surface area contributed by atoms with E-state index in [1.807, 2.05) is 42.5 Å². The maximum atomic E-state index is 9.00. The molecule has 3 heteroatoms. The number of rotatable bonds is 4. The van der Waals surface area contributed by atoms with Crippen LogP contribution in [-0.2, 0) is 6.61 Å². The molecule has 2 aromatic carbocycles. The Labute approximate surface area is 113 Å². The van der Waals surface area contributed by atoms with Crippen LogP contribution < -0.4 is 5.32 Å². The van der Waals surface area contributed by atoms with Crippen molar-refractivity contribution in [2.24, 2.45) is 0 Å². The van der Waals surface area contributed by atoms with Crippen LogP contribution in [0.2, 0.25) is 0 Å². The lowest BCUT2D eigenvalue weighted by Gasteiger charge is -2.16. The number of nitrogens with one attached hydrogen (secondary N) is 1. The Bertz CT molecular complexity index is 584. The molecule has 0 radical (unpaired) electrons. The topological polar surface area (TPSA) is 56.0 Å². The summed E-state index contributed by atoms with van der Waals surface area (Å²) in [7, 11) is 0. The number of nitriles is 1. The average molecular weight is 252 g/mol. The maximum Gasteiger partial charge on any atom is 0.0991 e. The number of aliphatic hydroxyl groups is 1. The van der Waals surface area contributed by atoms with Crippen molar-refractivity contribution >= 4 is 5.69 Å². The molecule has 0 saturated carbocycles.